The van der Waals surface area contributed by atoms with Crippen molar-refractivity contribution in [3.8, 4) is 0 Å². The third kappa shape index (κ3) is 3.41. The van der Waals surface area contributed by atoms with Crippen LogP contribution in [0.5, 0.6) is 0 Å². The zero-order valence-electron chi connectivity index (χ0n) is 21.4. The van der Waals surface area contributed by atoms with E-state index in [2.05, 4.69) is 34.6 Å². The fourth-order valence-corrected chi connectivity index (χ4v) is 10.3. The molecule has 4 unspecified atom stereocenters. The molecular weight excluding hydrogens is 400 g/mol. The predicted octanol–water partition coefficient (Wildman–Crippen LogP) is 5.59. The Kier molecular flexibility index (Phi) is 6.55. The lowest BCUT2D eigenvalue weighted by atomic mass is 9.36. The number of hydrogen-bond donors (Lipinski definition) is 2. The van der Waals surface area contributed by atoms with Gasteiger partial charge in [-0.05, 0) is 97.7 Å². The van der Waals surface area contributed by atoms with Crippen molar-refractivity contribution in [2.75, 3.05) is 7.11 Å². The molecule has 0 aromatic carbocycles. The Morgan fingerprint density at radius 2 is 1.69 bits per heavy atom. The Morgan fingerprint density at radius 1 is 1.03 bits per heavy atom. The molecule has 0 saturated heterocycles. The molecule has 0 radical (unpaired) electrons. The van der Waals surface area contributed by atoms with E-state index >= 15 is 0 Å². The molecule has 32 heavy (non-hydrogen) atoms. The van der Waals surface area contributed by atoms with Gasteiger partial charge >= 0.3 is 5.97 Å². The number of carbonyl (C=O) groups excluding carboxylic acids is 1. The van der Waals surface area contributed by atoms with Crippen LogP contribution in [0.3, 0.4) is 0 Å². The van der Waals surface area contributed by atoms with Crippen LogP contribution in [0.1, 0.15) is 98.8 Å². The molecule has 4 nitrogen and oxygen atoms in total. The maximum atomic E-state index is 12.0. The lowest BCUT2D eigenvalue weighted by Crippen LogP contribution is -2.67. The van der Waals surface area contributed by atoms with Crippen molar-refractivity contribution < 1.29 is 19.7 Å². The Morgan fingerprint density at radius 3 is 2.34 bits per heavy atom. The summed E-state index contributed by atoms with van der Waals surface area (Å²) in [5.41, 5.74) is 0.402. The zero-order valence-corrected chi connectivity index (χ0v) is 21.4. The average molecular weight is 449 g/mol. The summed E-state index contributed by atoms with van der Waals surface area (Å²) >= 11 is 0. The van der Waals surface area contributed by atoms with Crippen LogP contribution in [-0.4, -0.2) is 35.5 Å². The summed E-state index contributed by atoms with van der Waals surface area (Å²) < 4.78 is 4.90. The van der Waals surface area contributed by atoms with E-state index in [4.69, 9.17) is 4.74 Å². The van der Waals surface area contributed by atoms with E-state index in [-0.39, 0.29) is 40.3 Å². The molecule has 0 amide bonds. The molecule has 4 aliphatic carbocycles. The van der Waals surface area contributed by atoms with Gasteiger partial charge in [-0.2, -0.15) is 0 Å². The quantitative estimate of drug-likeness (QED) is 0.538. The van der Waals surface area contributed by atoms with Gasteiger partial charge in [0.15, 0.2) is 0 Å². The highest BCUT2D eigenvalue weighted by molar-refractivity contribution is 5.69. The third-order valence-corrected chi connectivity index (χ3v) is 11.8. The zero-order chi connectivity index (χ0) is 23.5. The van der Waals surface area contributed by atoms with E-state index in [1.165, 1.54) is 32.8 Å². The molecule has 4 heteroatoms. The lowest BCUT2D eigenvalue weighted by Gasteiger charge is -2.69. The molecule has 2 N–H and O–H groups in total. The second kappa shape index (κ2) is 8.56. The first-order valence-electron chi connectivity index (χ1n) is 13.5. The first-order valence-corrected chi connectivity index (χ1v) is 13.5. The molecule has 0 heterocycles. The van der Waals surface area contributed by atoms with Crippen LogP contribution in [-0.2, 0) is 9.53 Å². The van der Waals surface area contributed by atoms with Gasteiger partial charge in [-0.15, -0.1) is 0 Å². The Labute approximate surface area is 195 Å². The van der Waals surface area contributed by atoms with Crippen LogP contribution >= 0.6 is 0 Å². The van der Waals surface area contributed by atoms with E-state index in [9.17, 15) is 15.0 Å². The molecule has 4 rings (SSSR count). The van der Waals surface area contributed by atoms with E-state index in [0.29, 0.717) is 36.0 Å². The highest BCUT2D eigenvalue weighted by Gasteiger charge is 2.69. The van der Waals surface area contributed by atoms with Gasteiger partial charge in [-0.3, -0.25) is 4.79 Å². The second-order valence-electron chi connectivity index (χ2n) is 12.8. The van der Waals surface area contributed by atoms with Gasteiger partial charge in [-0.1, -0.05) is 41.0 Å². The van der Waals surface area contributed by atoms with Crippen LogP contribution in [0.25, 0.3) is 0 Å². The molecule has 0 aliphatic heterocycles. The fourth-order valence-electron chi connectivity index (χ4n) is 10.3. The van der Waals surface area contributed by atoms with Gasteiger partial charge in [0.1, 0.15) is 0 Å². The second-order valence-corrected chi connectivity index (χ2v) is 12.8. The van der Waals surface area contributed by atoms with Crippen LogP contribution in [0.4, 0.5) is 0 Å². The number of esters is 1. The summed E-state index contributed by atoms with van der Waals surface area (Å²) in [6.45, 7) is 12.0. The number of aliphatic hydroxyl groups is 2. The number of rotatable bonds is 5. The number of ether oxygens (including phenoxy) is 1. The standard InChI is InChI=1S/C28H48O4/c1-7-19-21-16-18(29)12-14-27(21,4)23-13-15-26(3)20(17(2)8-11-24(30)32-6)9-10-22(26)28(23,5)25(19)31/h17-23,25,29,31H,7-16H2,1-6H3/t17-,18-,19-,20?,21?,22-,23?,25-,26-,27+,28?/m1/s1. The molecule has 4 saturated carbocycles. The molecule has 4 fully saturated rings. The number of carbonyl (C=O) groups is 1. The van der Waals surface area contributed by atoms with Crippen molar-refractivity contribution in [2.45, 2.75) is 111 Å². The van der Waals surface area contributed by atoms with Gasteiger partial charge in [0.2, 0.25) is 0 Å². The monoisotopic (exact) mass is 448 g/mol. The van der Waals surface area contributed by atoms with E-state index in [0.717, 1.165) is 32.1 Å². The van der Waals surface area contributed by atoms with Crippen molar-refractivity contribution >= 4 is 5.97 Å². The minimum atomic E-state index is -0.283. The largest absolute Gasteiger partial charge is 0.469 e. The fraction of sp³-hybridized carbons (Fsp3) is 0.964. The third-order valence-electron chi connectivity index (χ3n) is 11.8. The predicted molar refractivity (Wildman–Crippen MR) is 127 cm³/mol. The van der Waals surface area contributed by atoms with Crippen LogP contribution in [0, 0.1) is 51.8 Å². The minimum Gasteiger partial charge on any atom is -0.469 e. The summed E-state index contributed by atoms with van der Waals surface area (Å²) in [5.74, 6) is 2.81. The minimum absolute atomic E-state index is 0.0575. The summed E-state index contributed by atoms with van der Waals surface area (Å²) in [5, 5.41) is 22.5. The highest BCUT2D eigenvalue weighted by Crippen LogP contribution is 2.74. The van der Waals surface area contributed by atoms with Crippen molar-refractivity contribution in [1.29, 1.82) is 0 Å². The van der Waals surface area contributed by atoms with E-state index in [1.807, 2.05) is 0 Å². The molecule has 0 bridgehead atoms. The van der Waals surface area contributed by atoms with Gasteiger partial charge in [-0.25, -0.2) is 0 Å². The summed E-state index contributed by atoms with van der Waals surface area (Å²) in [4.78, 5) is 11.8. The Balaban J connectivity index is 1.64. The van der Waals surface area contributed by atoms with Crippen molar-refractivity contribution in [2.24, 2.45) is 51.8 Å². The number of methoxy groups -OCH3 is 1. The molecule has 0 aromatic heterocycles. The number of fused-ring (bicyclic) bond motifs is 5. The maximum absolute atomic E-state index is 12.0. The molecular formula is C28H48O4. The van der Waals surface area contributed by atoms with Crippen LogP contribution in [0.2, 0.25) is 0 Å². The Hall–Kier alpha value is -0.610. The summed E-state index contributed by atoms with van der Waals surface area (Å²) in [7, 11) is 1.48. The average Bonchev–Trinajstić information content (AvgIpc) is 3.12. The van der Waals surface area contributed by atoms with Gasteiger partial charge in [0, 0.05) is 11.8 Å². The normalized spacial score (nSPS) is 51.3. The number of hydrogen-bond acceptors (Lipinski definition) is 4. The van der Waals surface area contributed by atoms with Crippen LogP contribution in [0.15, 0.2) is 0 Å². The van der Waals surface area contributed by atoms with Gasteiger partial charge in [0.25, 0.3) is 0 Å². The van der Waals surface area contributed by atoms with E-state index < -0.39 is 0 Å². The topological polar surface area (TPSA) is 66.8 Å². The van der Waals surface area contributed by atoms with Crippen LogP contribution < -0.4 is 0 Å². The first-order chi connectivity index (χ1) is 15.0. The Bertz CT molecular complexity index is 708. The lowest BCUT2D eigenvalue weighted by molar-refractivity contribution is -0.250. The molecule has 0 aromatic rings. The number of aliphatic hydroxyl groups excluding tert-OH is 2. The van der Waals surface area contributed by atoms with Gasteiger partial charge < -0.3 is 14.9 Å². The molecule has 4 aliphatic rings. The summed E-state index contributed by atoms with van der Waals surface area (Å²) in [6, 6.07) is 0. The van der Waals surface area contributed by atoms with E-state index in [1.54, 1.807) is 0 Å². The highest BCUT2D eigenvalue weighted by atomic mass is 16.5. The SMILES string of the molecule is CC[C@@H]1C2C[C@H](O)CC[C@]2(C)C2CC[C@]3(C)C([C@H](C)CCC(=O)OC)CC[C@H]3C2(C)[C@@H]1O. The van der Waals surface area contributed by atoms with Gasteiger partial charge in [0.05, 0.1) is 19.3 Å². The summed E-state index contributed by atoms with van der Waals surface area (Å²) in [6.07, 6.45) is 9.67. The smallest absolute Gasteiger partial charge is 0.305 e. The molecule has 184 valence electrons. The maximum Gasteiger partial charge on any atom is 0.305 e. The molecule has 0 spiro atoms. The first kappa shape index (κ1) is 24.5. The van der Waals surface area contributed by atoms with Crippen molar-refractivity contribution in [3.05, 3.63) is 0 Å². The molecule has 11 atom stereocenters. The van der Waals surface area contributed by atoms with Crippen molar-refractivity contribution in [3.63, 3.8) is 0 Å². The van der Waals surface area contributed by atoms with Crippen molar-refractivity contribution in [1.82, 2.24) is 0 Å².